The fraction of sp³-hybridized carbons (Fsp3) is 0.455. The SMILES string of the molecule is c1ccc(CN2CC[N-]CC2)cc1. The van der Waals surface area contributed by atoms with Crippen molar-refractivity contribution in [2.24, 2.45) is 0 Å². The Morgan fingerprint density at radius 1 is 1.08 bits per heavy atom. The summed E-state index contributed by atoms with van der Waals surface area (Å²) in [5, 5.41) is 4.33. The van der Waals surface area contributed by atoms with Crippen LogP contribution in [0.4, 0.5) is 0 Å². The second-order valence-corrected chi connectivity index (χ2v) is 3.43. The number of hydrogen-bond donors (Lipinski definition) is 0. The molecule has 1 fully saturated rings. The molecule has 1 aromatic rings. The maximum Gasteiger partial charge on any atom is 0.0232 e. The van der Waals surface area contributed by atoms with E-state index in [1.54, 1.807) is 0 Å². The van der Waals surface area contributed by atoms with Crippen LogP contribution in [0.25, 0.3) is 5.32 Å². The fourth-order valence-corrected chi connectivity index (χ4v) is 1.65. The monoisotopic (exact) mass is 175 g/mol. The Hall–Kier alpha value is -0.860. The first kappa shape index (κ1) is 8.73. The van der Waals surface area contributed by atoms with Crippen molar-refractivity contribution in [3.8, 4) is 0 Å². The summed E-state index contributed by atoms with van der Waals surface area (Å²) in [4.78, 5) is 2.46. The summed E-state index contributed by atoms with van der Waals surface area (Å²) < 4.78 is 0. The van der Waals surface area contributed by atoms with Crippen LogP contribution in [0.15, 0.2) is 30.3 Å². The van der Waals surface area contributed by atoms with Gasteiger partial charge in [-0.05, 0) is 18.7 Å². The average Bonchev–Trinajstić information content (AvgIpc) is 2.21. The van der Waals surface area contributed by atoms with Gasteiger partial charge in [-0.25, -0.2) is 0 Å². The summed E-state index contributed by atoms with van der Waals surface area (Å²) in [6, 6.07) is 10.6. The van der Waals surface area contributed by atoms with Gasteiger partial charge in [0.1, 0.15) is 0 Å². The Kier molecular flexibility index (Phi) is 2.95. The van der Waals surface area contributed by atoms with E-state index in [0.717, 1.165) is 32.7 Å². The lowest BCUT2D eigenvalue weighted by Gasteiger charge is -2.35. The first-order valence-electron chi connectivity index (χ1n) is 4.85. The molecule has 13 heavy (non-hydrogen) atoms. The second-order valence-electron chi connectivity index (χ2n) is 3.43. The van der Waals surface area contributed by atoms with Crippen molar-refractivity contribution in [3.05, 3.63) is 41.2 Å². The van der Waals surface area contributed by atoms with Crippen LogP contribution in [0.2, 0.25) is 0 Å². The average molecular weight is 175 g/mol. The van der Waals surface area contributed by atoms with Gasteiger partial charge in [-0.15, -0.1) is 13.1 Å². The number of nitrogens with zero attached hydrogens (tertiary/aromatic N) is 2. The van der Waals surface area contributed by atoms with Gasteiger partial charge in [-0.3, -0.25) is 0 Å². The van der Waals surface area contributed by atoms with Crippen molar-refractivity contribution >= 4 is 0 Å². The van der Waals surface area contributed by atoms with E-state index >= 15 is 0 Å². The van der Waals surface area contributed by atoms with Crippen LogP contribution in [0.1, 0.15) is 5.56 Å². The molecule has 0 bridgehead atoms. The van der Waals surface area contributed by atoms with Crippen LogP contribution < -0.4 is 0 Å². The van der Waals surface area contributed by atoms with E-state index in [1.807, 2.05) is 0 Å². The third-order valence-electron chi connectivity index (χ3n) is 2.40. The van der Waals surface area contributed by atoms with E-state index in [2.05, 4.69) is 40.5 Å². The molecule has 1 aliphatic heterocycles. The van der Waals surface area contributed by atoms with E-state index in [1.165, 1.54) is 5.56 Å². The lowest BCUT2D eigenvalue weighted by atomic mass is 10.2. The highest BCUT2D eigenvalue weighted by Crippen LogP contribution is 2.07. The number of hydrogen-bond acceptors (Lipinski definition) is 1. The molecule has 1 saturated heterocycles. The zero-order valence-electron chi connectivity index (χ0n) is 7.82. The van der Waals surface area contributed by atoms with Crippen LogP contribution in [-0.2, 0) is 6.54 Å². The minimum absolute atomic E-state index is 1.01. The minimum Gasteiger partial charge on any atom is -0.660 e. The predicted molar refractivity (Wildman–Crippen MR) is 54.8 cm³/mol. The Labute approximate surface area is 79.6 Å². The van der Waals surface area contributed by atoms with E-state index < -0.39 is 0 Å². The minimum atomic E-state index is 1.01. The topological polar surface area (TPSA) is 17.3 Å². The lowest BCUT2D eigenvalue weighted by Crippen LogP contribution is -2.33. The molecule has 0 N–H and O–H groups in total. The normalized spacial score (nSPS) is 18.8. The Morgan fingerprint density at radius 3 is 2.46 bits per heavy atom. The lowest BCUT2D eigenvalue weighted by molar-refractivity contribution is 0.270. The highest BCUT2D eigenvalue weighted by Gasteiger charge is 2.03. The smallest absolute Gasteiger partial charge is 0.0232 e. The highest BCUT2D eigenvalue weighted by molar-refractivity contribution is 5.14. The zero-order chi connectivity index (χ0) is 8.93. The van der Waals surface area contributed by atoms with E-state index in [-0.39, 0.29) is 0 Å². The maximum absolute atomic E-state index is 4.33. The van der Waals surface area contributed by atoms with Crippen LogP contribution in [0.3, 0.4) is 0 Å². The van der Waals surface area contributed by atoms with Gasteiger partial charge in [-0.2, -0.15) is 0 Å². The van der Waals surface area contributed by atoms with Crippen molar-refractivity contribution in [2.75, 3.05) is 26.2 Å². The van der Waals surface area contributed by atoms with Crippen molar-refractivity contribution < 1.29 is 0 Å². The summed E-state index contributed by atoms with van der Waals surface area (Å²) in [5.41, 5.74) is 1.41. The molecular formula is C11H15N2-. The molecule has 0 unspecified atom stereocenters. The number of rotatable bonds is 2. The number of piperazine rings is 1. The molecule has 0 aromatic heterocycles. The van der Waals surface area contributed by atoms with Gasteiger partial charge in [-0.1, -0.05) is 30.3 Å². The maximum atomic E-state index is 4.33. The summed E-state index contributed by atoms with van der Waals surface area (Å²) in [6.45, 7) is 5.33. The molecular weight excluding hydrogens is 160 g/mol. The summed E-state index contributed by atoms with van der Waals surface area (Å²) >= 11 is 0. The van der Waals surface area contributed by atoms with Gasteiger partial charge in [0, 0.05) is 6.54 Å². The zero-order valence-corrected chi connectivity index (χ0v) is 7.82. The highest BCUT2D eigenvalue weighted by atomic mass is 15.2. The third kappa shape index (κ3) is 2.54. The van der Waals surface area contributed by atoms with Crippen LogP contribution in [-0.4, -0.2) is 31.1 Å². The van der Waals surface area contributed by atoms with Crippen LogP contribution >= 0.6 is 0 Å². The number of benzene rings is 1. The Bertz CT molecular complexity index is 240. The largest absolute Gasteiger partial charge is 0.660 e. The van der Waals surface area contributed by atoms with Gasteiger partial charge >= 0.3 is 0 Å². The van der Waals surface area contributed by atoms with E-state index in [4.69, 9.17) is 0 Å². The quantitative estimate of drug-likeness (QED) is 0.670. The molecule has 1 heterocycles. The van der Waals surface area contributed by atoms with Crippen molar-refractivity contribution in [2.45, 2.75) is 6.54 Å². The van der Waals surface area contributed by atoms with Crippen LogP contribution in [0.5, 0.6) is 0 Å². The Morgan fingerprint density at radius 2 is 1.77 bits per heavy atom. The molecule has 70 valence electrons. The predicted octanol–water partition coefficient (Wildman–Crippen LogP) is 1.88. The molecule has 0 saturated carbocycles. The van der Waals surface area contributed by atoms with Gasteiger partial charge in [0.05, 0.1) is 0 Å². The standard InChI is InChI=1S/C11H15N2/c1-2-4-11(5-3-1)10-13-8-6-12-7-9-13/h1-5H,6-10H2/q-1. The molecule has 1 aliphatic rings. The molecule has 2 nitrogen and oxygen atoms in total. The molecule has 0 radical (unpaired) electrons. The third-order valence-corrected chi connectivity index (χ3v) is 2.40. The molecule has 0 atom stereocenters. The van der Waals surface area contributed by atoms with Gasteiger partial charge < -0.3 is 10.2 Å². The van der Waals surface area contributed by atoms with Crippen LogP contribution in [0, 0.1) is 0 Å². The first-order chi connectivity index (χ1) is 6.45. The molecule has 0 spiro atoms. The van der Waals surface area contributed by atoms with E-state index in [9.17, 15) is 0 Å². The Balaban J connectivity index is 1.90. The van der Waals surface area contributed by atoms with Gasteiger partial charge in [0.15, 0.2) is 0 Å². The summed E-state index contributed by atoms with van der Waals surface area (Å²) in [6.07, 6.45) is 0. The van der Waals surface area contributed by atoms with Crippen molar-refractivity contribution in [3.63, 3.8) is 0 Å². The van der Waals surface area contributed by atoms with Crippen molar-refractivity contribution in [1.82, 2.24) is 4.90 Å². The van der Waals surface area contributed by atoms with Crippen molar-refractivity contribution in [1.29, 1.82) is 0 Å². The molecule has 0 amide bonds. The fourth-order valence-electron chi connectivity index (χ4n) is 1.65. The molecule has 2 rings (SSSR count). The molecule has 2 heteroatoms. The molecule has 1 aromatic carbocycles. The first-order valence-corrected chi connectivity index (χ1v) is 4.85. The molecule has 0 aliphatic carbocycles. The second kappa shape index (κ2) is 4.40. The van der Waals surface area contributed by atoms with E-state index in [0.29, 0.717) is 0 Å². The van der Waals surface area contributed by atoms with Gasteiger partial charge in [0.25, 0.3) is 0 Å². The summed E-state index contributed by atoms with van der Waals surface area (Å²) in [7, 11) is 0. The van der Waals surface area contributed by atoms with Gasteiger partial charge in [0.2, 0.25) is 0 Å². The summed E-state index contributed by atoms with van der Waals surface area (Å²) in [5.74, 6) is 0.